The van der Waals surface area contributed by atoms with Crippen molar-refractivity contribution in [1.29, 1.82) is 0 Å². The first kappa shape index (κ1) is 15.8. The maximum Gasteiger partial charge on any atom is 0.316 e. The van der Waals surface area contributed by atoms with E-state index in [1.54, 1.807) is 18.2 Å². The third-order valence-electron chi connectivity index (χ3n) is 3.82. The molecule has 5 N–H and O–H groups in total. The molecular weight excluding hydrogens is 286 g/mol. The Morgan fingerprint density at radius 1 is 1.23 bits per heavy atom. The Bertz CT molecular complexity index is 594. The second-order valence-electron chi connectivity index (χ2n) is 5.58. The van der Waals surface area contributed by atoms with Crippen LogP contribution >= 0.6 is 0 Å². The van der Waals surface area contributed by atoms with Gasteiger partial charge in [-0.15, -0.1) is 0 Å². The van der Waals surface area contributed by atoms with E-state index in [9.17, 15) is 14.4 Å². The molecule has 0 unspecified atom stereocenters. The molecular formula is C15H19N3O4. The van der Waals surface area contributed by atoms with Crippen molar-refractivity contribution in [2.24, 2.45) is 5.73 Å². The molecule has 0 heterocycles. The SMILES string of the molecule is NC(=O)Nc1cccc(C(=O)NC2(CC(=O)O)CCCC2)c1. The maximum atomic E-state index is 12.4. The molecule has 1 fully saturated rings. The van der Waals surface area contributed by atoms with Crippen LogP contribution in [0.5, 0.6) is 0 Å². The van der Waals surface area contributed by atoms with Crippen molar-refractivity contribution in [1.82, 2.24) is 5.32 Å². The van der Waals surface area contributed by atoms with Crippen molar-refractivity contribution in [3.63, 3.8) is 0 Å². The van der Waals surface area contributed by atoms with Crippen LogP contribution in [0.1, 0.15) is 42.5 Å². The van der Waals surface area contributed by atoms with Crippen molar-refractivity contribution in [3.05, 3.63) is 29.8 Å². The van der Waals surface area contributed by atoms with E-state index in [1.807, 2.05) is 0 Å². The van der Waals surface area contributed by atoms with Crippen molar-refractivity contribution in [3.8, 4) is 0 Å². The van der Waals surface area contributed by atoms with Crippen LogP contribution in [-0.4, -0.2) is 28.6 Å². The van der Waals surface area contributed by atoms with Gasteiger partial charge in [0.2, 0.25) is 0 Å². The summed E-state index contributed by atoms with van der Waals surface area (Å²) in [6.07, 6.45) is 3.03. The smallest absolute Gasteiger partial charge is 0.316 e. The van der Waals surface area contributed by atoms with E-state index in [4.69, 9.17) is 10.8 Å². The normalized spacial score (nSPS) is 16.0. The summed E-state index contributed by atoms with van der Waals surface area (Å²) in [6, 6.07) is 5.63. The first-order chi connectivity index (χ1) is 10.4. The minimum absolute atomic E-state index is 0.0854. The molecule has 3 amide bonds. The van der Waals surface area contributed by atoms with Crippen LogP contribution < -0.4 is 16.4 Å². The lowest BCUT2D eigenvalue weighted by Crippen LogP contribution is -2.47. The third kappa shape index (κ3) is 3.97. The number of urea groups is 1. The molecule has 0 saturated heterocycles. The highest BCUT2D eigenvalue weighted by molar-refractivity contribution is 5.97. The van der Waals surface area contributed by atoms with E-state index < -0.39 is 17.5 Å². The summed E-state index contributed by atoms with van der Waals surface area (Å²) >= 11 is 0. The van der Waals surface area contributed by atoms with Gasteiger partial charge < -0.3 is 21.5 Å². The highest BCUT2D eigenvalue weighted by Crippen LogP contribution is 2.33. The summed E-state index contributed by atoms with van der Waals surface area (Å²) in [5.74, 6) is -1.28. The van der Waals surface area contributed by atoms with Gasteiger partial charge in [-0.3, -0.25) is 9.59 Å². The Morgan fingerprint density at radius 2 is 1.91 bits per heavy atom. The molecule has 0 atom stereocenters. The lowest BCUT2D eigenvalue weighted by atomic mass is 9.92. The number of nitrogens with one attached hydrogen (secondary N) is 2. The predicted molar refractivity (Wildman–Crippen MR) is 80.6 cm³/mol. The monoisotopic (exact) mass is 305 g/mol. The number of nitrogens with two attached hydrogens (primary N) is 1. The second kappa shape index (κ2) is 6.46. The fraction of sp³-hybridized carbons (Fsp3) is 0.400. The van der Waals surface area contributed by atoms with Crippen LogP contribution in [0.4, 0.5) is 10.5 Å². The minimum atomic E-state index is -0.925. The lowest BCUT2D eigenvalue weighted by molar-refractivity contribution is -0.138. The van der Waals surface area contributed by atoms with Crippen molar-refractivity contribution >= 4 is 23.6 Å². The van der Waals surface area contributed by atoms with E-state index in [1.165, 1.54) is 6.07 Å². The summed E-state index contributed by atoms with van der Waals surface area (Å²) in [6.45, 7) is 0. The number of carbonyl (C=O) groups excluding carboxylic acids is 2. The molecule has 7 heteroatoms. The molecule has 1 aromatic carbocycles. The average Bonchev–Trinajstić information content (AvgIpc) is 2.85. The van der Waals surface area contributed by atoms with Gasteiger partial charge >= 0.3 is 12.0 Å². The third-order valence-corrected chi connectivity index (χ3v) is 3.82. The molecule has 7 nitrogen and oxygen atoms in total. The molecule has 0 spiro atoms. The minimum Gasteiger partial charge on any atom is -0.481 e. The summed E-state index contributed by atoms with van der Waals surface area (Å²) in [4.78, 5) is 34.3. The zero-order chi connectivity index (χ0) is 16.2. The molecule has 1 aromatic rings. The maximum absolute atomic E-state index is 12.4. The Labute approximate surface area is 127 Å². The highest BCUT2D eigenvalue weighted by atomic mass is 16.4. The predicted octanol–water partition coefficient (Wildman–Crippen LogP) is 1.69. The molecule has 1 saturated carbocycles. The second-order valence-corrected chi connectivity index (χ2v) is 5.58. The number of primary amides is 1. The molecule has 22 heavy (non-hydrogen) atoms. The van der Waals surface area contributed by atoms with Crippen molar-refractivity contribution in [2.45, 2.75) is 37.6 Å². The van der Waals surface area contributed by atoms with Crippen molar-refractivity contribution in [2.75, 3.05) is 5.32 Å². The Hall–Kier alpha value is -2.57. The fourth-order valence-electron chi connectivity index (χ4n) is 2.88. The Morgan fingerprint density at radius 3 is 2.50 bits per heavy atom. The summed E-state index contributed by atoms with van der Waals surface area (Å²) < 4.78 is 0. The van der Waals surface area contributed by atoms with Gasteiger partial charge in [-0.05, 0) is 31.0 Å². The zero-order valence-corrected chi connectivity index (χ0v) is 12.1. The van der Waals surface area contributed by atoms with Crippen molar-refractivity contribution < 1.29 is 19.5 Å². The van der Waals surface area contributed by atoms with Gasteiger partial charge in [-0.2, -0.15) is 0 Å². The van der Waals surface area contributed by atoms with E-state index >= 15 is 0 Å². The number of benzene rings is 1. The van der Waals surface area contributed by atoms with Crippen LogP contribution in [0.3, 0.4) is 0 Å². The number of hydrogen-bond donors (Lipinski definition) is 4. The molecule has 1 aliphatic carbocycles. The fourth-order valence-corrected chi connectivity index (χ4v) is 2.88. The number of hydrogen-bond acceptors (Lipinski definition) is 3. The number of carboxylic acid groups (broad SMARTS) is 1. The van der Waals surface area contributed by atoms with Gasteiger partial charge in [0.15, 0.2) is 0 Å². The van der Waals surface area contributed by atoms with Crippen LogP contribution in [0.25, 0.3) is 0 Å². The van der Waals surface area contributed by atoms with Gasteiger partial charge in [0.05, 0.1) is 12.0 Å². The van der Waals surface area contributed by atoms with Crippen LogP contribution in [0.15, 0.2) is 24.3 Å². The van der Waals surface area contributed by atoms with Crippen LogP contribution in [0.2, 0.25) is 0 Å². The number of rotatable bonds is 5. The molecule has 0 bridgehead atoms. The number of carboxylic acids is 1. The molecule has 0 radical (unpaired) electrons. The van der Waals surface area contributed by atoms with E-state index in [-0.39, 0.29) is 12.3 Å². The average molecular weight is 305 g/mol. The Kier molecular flexibility index (Phi) is 4.65. The van der Waals surface area contributed by atoms with Gasteiger partial charge in [-0.25, -0.2) is 4.79 Å². The number of amides is 3. The molecule has 0 aromatic heterocycles. The summed E-state index contributed by atoms with van der Waals surface area (Å²) in [5.41, 5.74) is 5.12. The van der Waals surface area contributed by atoms with E-state index in [0.29, 0.717) is 24.1 Å². The van der Waals surface area contributed by atoms with Gasteiger partial charge in [0.25, 0.3) is 5.91 Å². The number of anilines is 1. The number of carbonyl (C=O) groups is 3. The molecule has 118 valence electrons. The topological polar surface area (TPSA) is 122 Å². The van der Waals surface area contributed by atoms with E-state index in [2.05, 4.69) is 10.6 Å². The number of aliphatic carboxylic acids is 1. The van der Waals surface area contributed by atoms with Gasteiger partial charge in [0.1, 0.15) is 0 Å². The molecule has 0 aliphatic heterocycles. The summed E-state index contributed by atoms with van der Waals surface area (Å²) in [5, 5.41) is 14.3. The first-order valence-corrected chi connectivity index (χ1v) is 7.11. The standard InChI is InChI=1S/C15H19N3O4/c16-14(22)17-11-5-3-4-10(8-11)13(21)18-15(9-12(19)20)6-1-2-7-15/h3-5,8H,1-2,6-7,9H2,(H,18,21)(H,19,20)(H3,16,17,22). The Balaban J connectivity index is 2.13. The lowest BCUT2D eigenvalue weighted by Gasteiger charge is -2.28. The largest absolute Gasteiger partial charge is 0.481 e. The van der Waals surface area contributed by atoms with Gasteiger partial charge in [-0.1, -0.05) is 18.9 Å². The quantitative estimate of drug-likeness (QED) is 0.661. The van der Waals surface area contributed by atoms with E-state index in [0.717, 1.165) is 12.8 Å². The zero-order valence-electron chi connectivity index (χ0n) is 12.1. The highest BCUT2D eigenvalue weighted by Gasteiger charge is 2.37. The molecule has 2 rings (SSSR count). The van der Waals surface area contributed by atoms with Crippen LogP contribution in [-0.2, 0) is 4.79 Å². The molecule has 1 aliphatic rings. The van der Waals surface area contributed by atoms with Crippen LogP contribution in [0, 0.1) is 0 Å². The van der Waals surface area contributed by atoms with Gasteiger partial charge in [0, 0.05) is 11.3 Å². The first-order valence-electron chi connectivity index (χ1n) is 7.11. The summed E-state index contributed by atoms with van der Waals surface area (Å²) in [7, 11) is 0.